The molecule has 0 aliphatic carbocycles. The monoisotopic (exact) mass is 517 g/mol. The minimum Gasteiger partial charge on any atom is -0.504 e. The second-order valence-electron chi connectivity index (χ2n) is 8.57. The highest BCUT2D eigenvalue weighted by atomic mass is 19.4. The molecule has 0 fully saturated rings. The lowest BCUT2D eigenvalue weighted by atomic mass is 10.1. The topological polar surface area (TPSA) is 76.4 Å². The number of amides is 1. The number of para-hydroxylation sites is 1. The van der Waals surface area contributed by atoms with Gasteiger partial charge < -0.3 is 19.7 Å². The number of hydrogen-bond acceptors (Lipinski definition) is 4. The Balaban J connectivity index is 1.39. The molecule has 0 saturated heterocycles. The molecule has 192 valence electrons. The summed E-state index contributed by atoms with van der Waals surface area (Å²) in [5.74, 6) is -0.0121. The Morgan fingerprint density at radius 1 is 1.03 bits per heavy atom. The Labute approximate surface area is 215 Å². The fourth-order valence-electron chi connectivity index (χ4n) is 4.29. The van der Waals surface area contributed by atoms with Crippen LogP contribution in [0.4, 0.5) is 13.2 Å². The van der Waals surface area contributed by atoms with Gasteiger partial charge in [0.05, 0.1) is 42.1 Å². The number of alkyl halides is 3. The van der Waals surface area contributed by atoms with Crippen molar-refractivity contribution in [1.82, 2.24) is 14.9 Å². The van der Waals surface area contributed by atoms with Gasteiger partial charge in [-0.2, -0.15) is 13.2 Å². The van der Waals surface area contributed by atoms with Gasteiger partial charge in [-0.15, -0.1) is 0 Å². The molecule has 9 heteroatoms. The van der Waals surface area contributed by atoms with Crippen molar-refractivity contribution in [3.63, 3.8) is 0 Å². The van der Waals surface area contributed by atoms with Crippen LogP contribution in [0.2, 0.25) is 0 Å². The van der Waals surface area contributed by atoms with Crippen molar-refractivity contribution >= 4 is 33.8 Å². The standard InChI is InChI=1S/C29H22F3N3O3/c1-38-27-14-18(6-12-26(27)36)7-13-28(37)34-16-20-15-23-22-4-2-3-5-24(22)35(25(23)17-33-20)21-10-8-19(9-11-21)29(30,31)32/h2-15,17,36H,16H2,1H3,(H,34,37)/b13-7+. The van der Waals surface area contributed by atoms with E-state index >= 15 is 0 Å². The zero-order valence-electron chi connectivity index (χ0n) is 20.2. The third kappa shape index (κ3) is 4.90. The maximum absolute atomic E-state index is 13.1. The first-order chi connectivity index (χ1) is 18.2. The van der Waals surface area contributed by atoms with Crippen LogP contribution in [-0.2, 0) is 17.5 Å². The number of benzene rings is 3. The SMILES string of the molecule is COc1cc(/C=C/C(=O)NCc2cc3c4ccccc4n(-c4ccc(C(F)(F)F)cc4)c3cn2)ccc1O. The van der Waals surface area contributed by atoms with Gasteiger partial charge in [-0.3, -0.25) is 9.78 Å². The van der Waals surface area contributed by atoms with Gasteiger partial charge in [0, 0.05) is 22.5 Å². The number of halogens is 3. The average molecular weight is 518 g/mol. The summed E-state index contributed by atoms with van der Waals surface area (Å²) in [6, 6.07) is 19.2. The molecule has 1 amide bonds. The molecule has 0 atom stereocenters. The first-order valence-corrected chi connectivity index (χ1v) is 11.6. The lowest BCUT2D eigenvalue weighted by Crippen LogP contribution is -2.20. The lowest BCUT2D eigenvalue weighted by molar-refractivity contribution is -0.137. The Hall–Kier alpha value is -4.79. The summed E-state index contributed by atoms with van der Waals surface area (Å²) in [6.07, 6.45) is 0.228. The highest BCUT2D eigenvalue weighted by molar-refractivity contribution is 6.09. The van der Waals surface area contributed by atoms with Crippen LogP contribution in [0.25, 0.3) is 33.6 Å². The summed E-state index contributed by atoms with van der Waals surface area (Å²) in [6.45, 7) is 0.178. The van der Waals surface area contributed by atoms with Crippen LogP contribution in [0, 0.1) is 0 Å². The van der Waals surface area contributed by atoms with Gasteiger partial charge in [0.1, 0.15) is 0 Å². The van der Waals surface area contributed by atoms with E-state index in [9.17, 15) is 23.1 Å². The first kappa shape index (κ1) is 24.9. The molecule has 3 aromatic carbocycles. The Morgan fingerprint density at radius 2 is 1.79 bits per heavy atom. The smallest absolute Gasteiger partial charge is 0.416 e. The molecule has 2 heterocycles. The van der Waals surface area contributed by atoms with E-state index in [1.54, 1.807) is 24.4 Å². The highest BCUT2D eigenvalue weighted by Gasteiger charge is 2.30. The van der Waals surface area contributed by atoms with E-state index in [4.69, 9.17) is 4.74 Å². The van der Waals surface area contributed by atoms with E-state index in [2.05, 4.69) is 10.3 Å². The van der Waals surface area contributed by atoms with Crippen molar-refractivity contribution in [1.29, 1.82) is 0 Å². The summed E-state index contributed by atoms with van der Waals surface area (Å²) in [7, 11) is 1.44. The number of ether oxygens (including phenoxy) is 1. The molecule has 0 unspecified atom stereocenters. The van der Waals surface area contributed by atoms with E-state index in [-0.39, 0.29) is 18.2 Å². The summed E-state index contributed by atoms with van der Waals surface area (Å²) in [5, 5.41) is 14.3. The molecule has 0 radical (unpaired) electrons. The molecular weight excluding hydrogens is 495 g/mol. The predicted octanol–water partition coefficient (Wildman–Crippen LogP) is 6.24. The number of hydrogen-bond donors (Lipinski definition) is 2. The second kappa shape index (κ2) is 9.93. The molecule has 0 aliphatic rings. The van der Waals surface area contributed by atoms with Crippen molar-refractivity contribution in [2.75, 3.05) is 7.11 Å². The number of pyridine rings is 1. The predicted molar refractivity (Wildman–Crippen MR) is 139 cm³/mol. The largest absolute Gasteiger partial charge is 0.504 e. The summed E-state index contributed by atoms with van der Waals surface area (Å²) in [4.78, 5) is 16.9. The number of methoxy groups -OCH3 is 1. The summed E-state index contributed by atoms with van der Waals surface area (Å²) < 4.78 is 46.1. The van der Waals surface area contributed by atoms with Crippen LogP contribution < -0.4 is 10.1 Å². The van der Waals surface area contributed by atoms with Crippen LogP contribution in [0.15, 0.2) is 85.1 Å². The molecule has 0 saturated carbocycles. The summed E-state index contributed by atoms with van der Waals surface area (Å²) >= 11 is 0. The number of fused-ring (bicyclic) bond motifs is 3. The molecule has 0 bridgehead atoms. The third-order valence-corrected chi connectivity index (χ3v) is 6.14. The zero-order valence-corrected chi connectivity index (χ0v) is 20.2. The van der Waals surface area contributed by atoms with Gasteiger partial charge in [0.25, 0.3) is 0 Å². The molecule has 38 heavy (non-hydrogen) atoms. The number of aromatic nitrogens is 2. The molecule has 2 aromatic heterocycles. The number of nitrogens with zero attached hydrogens (tertiary/aromatic N) is 2. The number of carbonyl (C=O) groups excluding carboxylic acids is 1. The summed E-state index contributed by atoms with van der Waals surface area (Å²) in [5.41, 5.74) is 2.76. The molecular formula is C29H22F3N3O3. The first-order valence-electron chi connectivity index (χ1n) is 11.6. The van der Waals surface area contributed by atoms with Crippen molar-refractivity contribution in [2.24, 2.45) is 0 Å². The van der Waals surface area contributed by atoms with Gasteiger partial charge in [-0.25, -0.2) is 0 Å². The molecule has 6 nitrogen and oxygen atoms in total. The minimum absolute atomic E-state index is 0.00949. The number of carbonyl (C=O) groups is 1. The lowest BCUT2D eigenvalue weighted by Gasteiger charge is -2.10. The second-order valence-corrected chi connectivity index (χ2v) is 8.57. The maximum Gasteiger partial charge on any atom is 0.416 e. The number of rotatable bonds is 6. The molecule has 5 rings (SSSR count). The minimum atomic E-state index is -4.41. The molecule has 0 spiro atoms. The van der Waals surface area contributed by atoms with Crippen molar-refractivity contribution in [3.05, 3.63) is 102 Å². The van der Waals surface area contributed by atoms with Crippen molar-refractivity contribution in [2.45, 2.75) is 12.7 Å². The van der Waals surface area contributed by atoms with Crippen molar-refractivity contribution < 1.29 is 27.8 Å². The van der Waals surface area contributed by atoms with E-state index in [1.165, 1.54) is 31.4 Å². The normalized spacial score (nSPS) is 11.9. The molecule has 5 aromatic rings. The maximum atomic E-state index is 13.1. The van der Waals surface area contributed by atoms with Gasteiger partial charge >= 0.3 is 6.18 Å². The van der Waals surface area contributed by atoms with E-state index in [1.807, 2.05) is 34.9 Å². The Morgan fingerprint density at radius 3 is 2.53 bits per heavy atom. The number of phenols is 1. The van der Waals surface area contributed by atoms with Gasteiger partial charge in [0.15, 0.2) is 11.5 Å². The number of nitrogens with one attached hydrogen (secondary N) is 1. The van der Waals surface area contributed by atoms with Crippen molar-refractivity contribution in [3.8, 4) is 17.2 Å². The Kier molecular flexibility index (Phi) is 6.50. The third-order valence-electron chi connectivity index (χ3n) is 6.14. The Bertz CT molecular complexity index is 1670. The van der Waals surface area contributed by atoms with Gasteiger partial charge in [0.2, 0.25) is 5.91 Å². The van der Waals surface area contributed by atoms with Crippen LogP contribution in [0.3, 0.4) is 0 Å². The van der Waals surface area contributed by atoms with Crippen LogP contribution >= 0.6 is 0 Å². The zero-order chi connectivity index (χ0) is 26.9. The van der Waals surface area contributed by atoms with E-state index in [0.717, 1.165) is 33.9 Å². The van der Waals surface area contributed by atoms with E-state index in [0.29, 0.717) is 22.7 Å². The average Bonchev–Trinajstić information content (AvgIpc) is 3.24. The van der Waals surface area contributed by atoms with E-state index < -0.39 is 11.7 Å². The highest BCUT2D eigenvalue weighted by Crippen LogP contribution is 2.34. The molecule has 2 N–H and O–H groups in total. The fourth-order valence-corrected chi connectivity index (χ4v) is 4.29. The molecule has 0 aliphatic heterocycles. The number of aromatic hydroxyl groups is 1. The van der Waals surface area contributed by atoms with Crippen LogP contribution in [0.5, 0.6) is 11.5 Å². The quantitative estimate of drug-likeness (QED) is 0.262. The van der Waals surface area contributed by atoms with Crippen LogP contribution in [0.1, 0.15) is 16.8 Å². The fraction of sp³-hybridized carbons (Fsp3) is 0.103. The van der Waals surface area contributed by atoms with Gasteiger partial charge in [-0.05, 0) is 60.2 Å². The number of phenolic OH excluding ortho intramolecular Hbond substituents is 1. The van der Waals surface area contributed by atoms with Crippen LogP contribution in [-0.4, -0.2) is 27.7 Å². The van der Waals surface area contributed by atoms with Gasteiger partial charge in [-0.1, -0.05) is 24.3 Å².